The molecular formula is C27H31F4N7O3. The van der Waals surface area contributed by atoms with E-state index in [0.29, 0.717) is 37.6 Å². The molecule has 2 fully saturated rings. The van der Waals surface area contributed by atoms with E-state index in [9.17, 15) is 27.2 Å². The number of rotatable bonds is 5. The van der Waals surface area contributed by atoms with Crippen LogP contribution in [0, 0.1) is 11.2 Å². The molecule has 1 aliphatic carbocycles. The van der Waals surface area contributed by atoms with Gasteiger partial charge in [0.2, 0.25) is 0 Å². The summed E-state index contributed by atoms with van der Waals surface area (Å²) in [7, 11) is 0. The Morgan fingerprint density at radius 2 is 1.90 bits per heavy atom. The van der Waals surface area contributed by atoms with Crippen LogP contribution in [0.3, 0.4) is 0 Å². The number of amides is 2. The third-order valence-corrected chi connectivity index (χ3v) is 7.58. The molecule has 1 aliphatic heterocycles. The molecule has 0 atom stereocenters. The van der Waals surface area contributed by atoms with Crippen molar-refractivity contribution < 1.29 is 31.9 Å². The summed E-state index contributed by atoms with van der Waals surface area (Å²) in [4.78, 5) is 26.6. The number of benzene rings is 1. The van der Waals surface area contributed by atoms with Crippen molar-refractivity contribution in [3.63, 3.8) is 0 Å². The highest BCUT2D eigenvalue weighted by atomic mass is 19.4. The standard InChI is InChI=1S/C27H31F4N7O3/c1-25(2,3)41-24(40)36-7-6-26(14-36)9-18(10-26)38-22(32)20(23(33)39)21(35-38)16-11-34-37(13-16)12-15-8-17(27(29,30)31)4-5-19(15)28/h4-5,8,11,13,18H,6-7,9-10,12,14,32H2,1-3H3,(H2,33,39)/t18-,26-. The molecule has 0 radical (unpaired) electrons. The zero-order valence-corrected chi connectivity index (χ0v) is 22.8. The monoisotopic (exact) mass is 577 g/mol. The molecule has 3 aromatic rings. The number of nitrogen functional groups attached to an aromatic ring is 1. The zero-order chi connectivity index (χ0) is 29.9. The minimum absolute atomic E-state index is 0.00227. The lowest BCUT2D eigenvalue weighted by molar-refractivity contribution is -0.137. The summed E-state index contributed by atoms with van der Waals surface area (Å²) in [5.74, 6) is -1.52. The predicted octanol–water partition coefficient (Wildman–Crippen LogP) is 4.60. The van der Waals surface area contributed by atoms with Crippen LogP contribution in [-0.4, -0.2) is 55.2 Å². The number of aromatic nitrogens is 4. The van der Waals surface area contributed by atoms with Crippen LogP contribution in [0.4, 0.5) is 28.2 Å². The van der Waals surface area contributed by atoms with Gasteiger partial charge >= 0.3 is 12.3 Å². The van der Waals surface area contributed by atoms with Crippen LogP contribution in [0.5, 0.6) is 0 Å². The molecule has 1 saturated heterocycles. The first-order valence-electron chi connectivity index (χ1n) is 13.1. The molecule has 1 saturated carbocycles. The number of nitrogens with zero attached hydrogens (tertiary/aromatic N) is 5. The van der Waals surface area contributed by atoms with Gasteiger partial charge in [0.1, 0.15) is 28.5 Å². The molecule has 2 aliphatic rings. The number of primary amides is 1. The van der Waals surface area contributed by atoms with Gasteiger partial charge in [-0.05, 0) is 63.6 Å². The Morgan fingerprint density at radius 3 is 2.54 bits per heavy atom. The molecule has 5 rings (SSSR count). The van der Waals surface area contributed by atoms with Crippen molar-refractivity contribution >= 4 is 17.8 Å². The largest absolute Gasteiger partial charge is 0.444 e. The number of ether oxygens (including phenoxy) is 1. The number of hydrogen-bond acceptors (Lipinski definition) is 6. The van der Waals surface area contributed by atoms with Crippen LogP contribution in [0.25, 0.3) is 11.3 Å². The van der Waals surface area contributed by atoms with E-state index >= 15 is 0 Å². The second-order valence-corrected chi connectivity index (χ2v) is 11.9. The number of alkyl halides is 3. The summed E-state index contributed by atoms with van der Waals surface area (Å²) in [6.45, 7) is 6.30. The van der Waals surface area contributed by atoms with Gasteiger partial charge in [-0.3, -0.25) is 9.48 Å². The Kier molecular flexibility index (Phi) is 6.77. The molecule has 1 spiro atoms. The van der Waals surface area contributed by atoms with E-state index < -0.39 is 29.1 Å². The predicted molar refractivity (Wildman–Crippen MR) is 140 cm³/mol. The van der Waals surface area contributed by atoms with Crippen molar-refractivity contribution in [3.8, 4) is 11.3 Å². The summed E-state index contributed by atoms with van der Waals surface area (Å²) in [5.41, 5.74) is 10.6. The number of anilines is 1. The second kappa shape index (κ2) is 9.77. The number of halogens is 4. The van der Waals surface area contributed by atoms with Crippen molar-refractivity contribution in [1.82, 2.24) is 24.5 Å². The Bertz CT molecular complexity index is 1500. The third kappa shape index (κ3) is 5.59. The lowest BCUT2D eigenvalue weighted by Crippen LogP contribution is -2.43. The van der Waals surface area contributed by atoms with Gasteiger partial charge in [-0.2, -0.15) is 23.4 Å². The summed E-state index contributed by atoms with van der Waals surface area (Å²) < 4.78 is 61.9. The SMILES string of the molecule is CC(C)(C)OC(=O)N1CC[C@]2(C1)C[C@H](n1nc(-c3cnn(Cc4cc(C(F)(F)F)ccc4F)c3)c(C(N)=O)c1N)C2. The fourth-order valence-electron chi connectivity index (χ4n) is 5.65. The molecule has 220 valence electrons. The highest BCUT2D eigenvalue weighted by molar-refractivity contribution is 6.03. The zero-order valence-electron chi connectivity index (χ0n) is 22.8. The van der Waals surface area contributed by atoms with Gasteiger partial charge in [-0.1, -0.05) is 0 Å². The van der Waals surface area contributed by atoms with Crippen molar-refractivity contribution in [3.05, 3.63) is 53.1 Å². The molecule has 2 amide bonds. The van der Waals surface area contributed by atoms with Crippen LogP contribution in [0.2, 0.25) is 0 Å². The van der Waals surface area contributed by atoms with Crippen LogP contribution in [0.15, 0.2) is 30.6 Å². The van der Waals surface area contributed by atoms with Crippen molar-refractivity contribution in [2.24, 2.45) is 11.1 Å². The van der Waals surface area contributed by atoms with Crippen molar-refractivity contribution in [2.75, 3.05) is 18.8 Å². The van der Waals surface area contributed by atoms with E-state index in [1.54, 1.807) is 9.58 Å². The maximum Gasteiger partial charge on any atom is 0.416 e. The first kappa shape index (κ1) is 28.4. The fourth-order valence-corrected chi connectivity index (χ4v) is 5.65. The molecular weight excluding hydrogens is 546 g/mol. The highest BCUT2D eigenvalue weighted by Crippen LogP contribution is 2.55. The Balaban J connectivity index is 1.33. The quantitative estimate of drug-likeness (QED) is 0.426. The molecule has 41 heavy (non-hydrogen) atoms. The Labute approximate surface area is 233 Å². The van der Waals surface area contributed by atoms with Gasteiger partial charge < -0.3 is 21.1 Å². The van der Waals surface area contributed by atoms with E-state index in [-0.39, 0.29) is 46.7 Å². The van der Waals surface area contributed by atoms with Gasteiger partial charge in [0.05, 0.1) is 24.3 Å². The van der Waals surface area contributed by atoms with E-state index in [0.717, 1.165) is 18.6 Å². The van der Waals surface area contributed by atoms with Crippen molar-refractivity contribution in [1.29, 1.82) is 0 Å². The Hall–Kier alpha value is -4.10. The number of nitrogens with two attached hydrogens (primary N) is 2. The minimum atomic E-state index is -4.62. The molecule has 0 bridgehead atoms. The molecule has 10 nitrogen and oxygen atoms in total. The van der Waals surface area contributed by atoms with Gasteiger partial charge in [0.25, 0.3) is 5.91 Å². The summed E-state index contributed by atoms with van der Waals surface area (Å²) >= 11 is 0. The number of likely N-dealkylation sites (tertiary alicyclic amines) is 1. The summed E-state index contributed by atoms with van der Waals surface area (Å²) in [6.07, 6.45) is 0.00636. The van der Waals surface area contributed by atoms with Gasteiger partial charge in [-0.25, -0.2) is 13.9 Å². The van der Waals surface area contributed by atoms with Crippen LogP contribution >= 0.6 is 0 Å². The maximum atomic E-state index is 14.3. The van der Waals surface area contributed by atoms with Gasteiger partial charge in [0.15, 0.2) is 0 Å². The Morgan fingerprint density at radius 1 is 1.20 bits per heavy atom. The number of hydrogen-bond donors (Lipinski definition) is 2. The van der Waals surface area contributed by atoms with Crippen LogP contribution < -0.4 is 11.5 Å². The summed E-state index contributed by atoms with van der Waals surface area (Å²) in [5, 5.41) is 8.70. The average molecular weight is 578 g/mol. The molecule has 14 heteroatoms. The lowest BCUT2D eigenvalue weighted by atomic mass is 9.65. The average Bonchev–Trinajstić information content (AvgIpc) is 3.55. The third-order valence-electron chi connectivity index (χ3n) is 7.58. The normalized spacial score (nSPS) is 20.9. The number of carbonyl (C=O) groups is 2. The smallest absolute Gasteiger partial charge is 0.416 e. The molecule has 0 unspecified atom stereocenters. The lowest BCUT2D eigenvalue weighted by Gasteiger charge is -2.45. The topological polar surface area (TPSA) is 134 Å². The van der Waals surface area contributed by atoms with Crippen molar-refractivity contribution in [2.45, 2.75) is 64.4 Å². The number of carbonyl (C=O) groups excluding carboxylic acids is 2. The first-order chi connectivity index (χ1) is 19.1. The van der Waals surface area contributed by atoms with E-state index in [2.05, 4.69) is 10.2 Å². The van der Waals surface area contributed by atoms with E-state index in [1.165, 1.54) is 17.1 Å². The van der Waals surface area contributed by atoms with Gasteiger partial charge in [0, 0.05) is 30.4 Å². The summed E-state index contributed by atoms with van der Waals surface area (Å²) in [6, 6.07) is 2.04. The minimum Gasteiger partial charge on any atom is -0.444 e. The van der Waals surface area contributed by atoms with E-state index in [1.807, 2.05) is 20.8 Å². The van der Waals surface area contributed by atoms with Gasteiger partial charge in [-0.15, -0.1) is 0 Å². The second-order valence-electron chi connectivity index (χ2n) is 11.9. The maximum absolute atomic E-state index is 14.3. The fraction of sp³-hybridized carbons (Fsp3) is 0.481. The van der Waals surface area contributed by atoms with E-state index in [4.69, 9.17) is 16.2 Å². The van der Waals surface area contributed by atoms with Crippen LogP contribution in [0.1, 0.15) is 67.6 Å². The molecule has 4 N–H and O–H groups in total. The van der Waals surface area contributed by atoms with Crippen LogP contribution in [-0.2, 0) is 17.5 Å². The first-order valence-corrected chi connectivity index (χ1v) is 13.1. The molecule has 2 aromatic heterocycles. The molecule has 1 aromatic carbocycles. The highest BCUT2D eigenvalue weighted by Gasteiger charge is 2.51. The molecule has 3 heterocycles.